The van der Waals surface area contributed by atoms with Crippen LogP contribution in [0.15, 0.2) is 241 Å². The van der Waals surface area contributed by atoms with Crippen LogP contribution >= 0.6 is 0 Å². The van der Waals surface area contributed by atoms with Crippen molar-refractivity contribution in [2.75, 3.05) is 4.90 Å². The molecule has 12 rings (SSSR count). The Bertz CT molecular complexity index is 3610. The Morgan fingerprint density at radius 2 is 0.710 bits per heavy atom. The van der Waals surface area contributed by atoms with Gasteiger partial charge in [-0.2, -0.15) is 0 Å². The topological polar surface area (TPSA) is 16.4 Å². The molecule has 0 spiro atoms. The van der Waals surface area contributed by atoms with Crippen molar-refractivity contribution in [1.29, 1.82) is 0 Å². The van der Waals surface area contributed by atoms with Gasteiger partial charge in [-0.05, 0) is 144 Å². The van der Waals surface area contributed by atoms with Crippen LogP contribution in [0.25, 0.3) is 98.8 Å². The van der Waals surface area contributed by atoms with Crippen molar-refractivity contribution in [2.45, 2.75) is 0 Å². The van der Waals surface area contributed by atoms with E-state index in [9.17, 15) is 0 Å². The first kappa shape index (κ1) is 35.7. The molecule has 0 radical (unpaired) electrons. The summed E-state index contributed by atoms with van der Waals surface area (Å²) in [6.45, 7) is 0. The van der Waals surface area contributed by atoms with Crippen molar-refractivity contribution >= 4 is 71.3 Å². The van der Waals surface area contributed by atoms with Crippen LogP contribution in [0.1, 0.15) is 0 Å². The SMILES string of the molecule is c1cc(-c2ccc(N(c3ccc(-c4ccc5c(ccc6ccccc65)c4)cc3)c3ccc(-c4ccc5oc6ccccc6c5c4)cc3)cc2)cc(-c2cccc3ccccc23)c1. The first-order valence-electron chi connectivity index (χ1n) is 21.2. The fourth-order valence-electron chi connectivity index (χ4n) is 9.30. The van der Waals surface area contributed by atoms with Crippen LogP contribution in [-0.4, -0.2) is 0 Å². The zero-order chi connectivity index (χ0) is 41.0. The normalized spacial score (nSPS) is 11.5. The Morgan fingerprint density at radius 3 is 1.42 bits per heavy atom. The molecule has 0 fully saturated rings. The molecule has 0 saturated heterocycles. The highest BCUT2D eigenvalue weighted by Crippen LogP contribution is 2.40. The molecule has 0 aliphatic rings. The minimum Gasteiger partial charge on any atom is -0.456 e. The predicted molar refractivity (Wildman–Crippen MR) is 263 cm³/mol. The largest absolute Gasteiger partial charge is 0.456 e. The van der Waals surface area contributed by atoms with Gasteiger partial charge in [-0.15, -0.1) is 0 Å². The van der Waals surface area contributed by atoms with E-state index in [-0.39, 0.29) is 0 Å². The Morgan fingerprint density at radius 1 is 0.242 bits per heavy atom. The molecule has 0 amide bonds. The standard InChI is InChI=1S/C60H39NO/c1-3-14-53-43(9-1)11-8-17-55(53)48-13-7-12-45(37-48)40-21-29-50(30-22-40)61(52-33-25-42(26-34-52)47-28-36-60-58(39-47)57-16-5-6-18-59(57)62-60)51-31-23-41(24-32-51)46-27-35-56-49(38-46)20-19-44-10-2-4-15-54(44)56/h1-39H. The molecule has 62 heavy (non-hydrogen) atoms. The van der Waals surface area contributed by atoms with E-state index in [0.717, 1.165) is 50.1 Å². The first-order chi connectivity index (χ1) is 30.7. The molecule has 0 saturated carbocycles. The molecule has 1 heterocycles. The van der Waals surface area contributed by atoms with Gasteiger partial charge in [0.15, 0.2) is 0 Å². The van der Waals surface area contributed by atoms with E-state index in [2.05, 4.69) is 229 Å². The maximum absolute atomic E-state index is 6.13. The van der Waals surface area contributed by atoms with E-state index in [0.29, 0.717) is 0 Å². The predicted octanol–water partition coefficient (Wildman–Crippen LogP) is 17.2. The number of nitrogens with zero attached hydrogens (tertiary/aromatic N) is 1. The number of furan rings is 1. The van der Waals surface area contributed by atoms with Crippen molar-refractivity contribution in [3.8, 4) is 44.5 Å². The van der Waals surface area contributed by atoms with Gasteiger partial charge in [-0.1, -0.05) is 170 Å². The summed E-state index contributed by atoms with van der Waals surface area (Å²) in [5.41, 5.74) is 14.6. The van der Waals surface area contributed by atoms with E-state index in [4.69, 9.17) is 4.42 Å². The van der Waals surface area contributed by atoms with Crippen molar-refractivity contribution in [1.82, 2.24) is 0 Å². The maximum atomic E-state index is 6.13. The molecule has 0 aliphatic carbocycles. The molecule has 12 aromatic rings. The van der Waals surface area contributed by atoms with Crippen LogP contribution in [0, 0.1) is 0 Å². The zero-order valence-electron chi connectivity index (χ0n) is 33.9. The summed E-state index contributed by atoms with van der Waals surface area (Å²) in [5, 5.41) is 9.85. The molecule has 0 N–H and O–H groups in total. The summed E-state index contributed by atoms with van der Waals surface area (Å²) >= 11 is 0. The average molecular weight is 790 g/mol. The second kappa shape index (κ2) is 14.8. The summed E-state index contributed by atoms with van der Waals surface area (Å²) in [6.07, 6.45) is 0. The van der Waals surface area contributed by atoms with Crippen molar-refractivity contribution in [3.63, 3.8) is 0 Å². The molecular formula is C60H39NO. The Labute approximate surface area is 360 Å². The molecule has 11 aromatic carbocycles. The molecule has 0 unspecified atom stereocenters. The summed E-state index contributed by atoms with van der Waals surface area (Å²) in [5.74, 6) is 0. The number of anilines is 3. The third-order valence-corrected chi connectivity index (χ3v) is 12.5. The number of fused-ring (bicyclic) bond motifs is 7. The van der Waals surface area contributed by atoms with E-state index >= 15 is 0 Å². The van der Waals surface area contributed by atoms with Crippen LogP contribution < -0.4 is 4.90 Å². The zero-order valence-corrected chi connectivity index (χ0v) is 33.9. The average Bonchev–Trinajstić information content (AvgIpc) is 3.72. The van der Waals surface area contributed by atoms with Crippen molar-refractivity contribution in [2.24, 2.45) is 0 Å². The number of para-hydroxylation sites is 1. The van der Waals surface area contributed by atoms with Crippen LogP contribution in [0.5, 0.6) is 0 Å². The first-order valence-corrected chi connectivity index (χ1v) is 21.2. The van der Waals surface area contributed by atoms with Gasteiger partial charge in [0.2, 0.25) is 0 Å². The second-order valence-electron chi connectivity index (χ2n) is 16.1. The fraction of sp³-hybridized carbons (Fsp3) is 0. The Kier molecular flexibility index (Phi) is 8.53. The third kappa shape index (κ3) is 6.29. The lowest BCUT2D eigenvalue weighted by atomic mass is 9.95. The van der Waals surface area contributed by atoms with E-state index < -0.39 is 0 Å². The Hall–Kier alpha value is -8.20. The van der Waals surface area contributed by atoms with E-state index in [1.165, 1.54) is 65.7 Å². The smallest absolute Gasteiger partial charge is 0.135 e. The monoisotopic (exact) mass is 789 g/mol. The number of hydrogen-bond donors (Lipinski definition) is 0. The Balaban J connectivity index is 0.907. The molecule has 0 atom stereocenters. The number of hydrogen-bond acceptors (Lipinski definition) is 2. The van der Waals surface area contributed by atoms with Gasteiger partial charge in [-0.3, -0.25) is 0 Å². The van der Waals surface area contributed by atoms with Crippen molar-refractivity contribution in [3.05, 3.63) is 237 Å². The molecular weight excluding hydrogens is 751 g/mol. The summed E-state index contributed by atoms with van der Waals surface area (Å²) in [4.78, 5) is 2.35. The quantitative estimate of drug-likeness (QED) is 0.150. The number of rotatable bonds is 7. The molecule has 0 bridgehead atoms. The van der Waals surface area contributed by atoms with Crippen molar-refractivity contribution < 1.29 is 4.42 Å². The van der Waals surface area contributed by atoms with Gasteiger partial charge < -0.3 is 9.32 Å². The highest BCUT2D eigenvalue weighted by Gasteiger charge is 2.16. The van der Waals surface area contributed by atoms with Gasteiger partial charge in [0.1, 0.15) is 11.2 Å². The van der Waals surface area contributed by atoms with Gasteiger partial charge in [-0.25, -0.2) is 0 Å². The fourth-order valence-corrected chi connectivity index (χ4v) is 9.30. The highest BCUT2D eigenvalue weighted by atomic mass is 16.3. The molecule has 290 valence electrons. The highest BCUT2D eigenvalue weighted by molar-refractivity contribution is 6.09. The minimum absolute atomic E-state index is 0.905. The summed E-state index contributed by atoms with van der Waals surface area (Å²) in [7, 11) is 0. The summed E-state index contributed by atoms with van der Waals surface area (Å²) < 4.78 is 6.13. The molecule has 0 aliphatic heterocycles. The van der Waals surface area contributed by atoms with Crippen LogP contribution in [0.2, 0.25) is 0 Å². The van der Waals surface area contributed by atoms with Gasteiger partial charge in [0.25, 0.3) is 0 Å². The van der Waals surface area contributed by atoms with Crippen LogP contribution in [0.4, 0.5) is 17.1 Å². The maximum Gasteiger partial charge on any atom is 0.135 e. The van der Waals surface area contributed by atoms with Crippen LogP contribution in [0.3, 0.4) is 0 Å². The summed E-state index contributed by atoms with van der Waals surface area (Å²) in [6, 6.07) is 85.6. The second-order valence-corrected chi connectivity index (χ2v) is 16.1. The van der Waals surface area contributed by atoms with E-state index in [1.54, 1.807) is 0 Å². The molecule has 1 aromatic heterocycles. The number of benzene rings is 11. The third-order valence-electron chi connectivity index (χ3n) is 12.5. The lowest BCUT2D eigenvalue weighted by molar-refractivity contribution is 0.669. The minimum atomic E-state index is 0.905. The van der Waals surface area contributed by atoms with Gasteiger partial charge in [0.05, 0.1) is 0 Å². The lowest BCUT2D eigenvalue weighted by Gasteiger charge is -2.26. The van der Waals surface area contributed by atoms with Crippen LogP contribution in [-0.2, 0) is 0 Å². The molecule has 2 nitrogen and oxygen atoms in total. The molecule has 2 heteroatoms. The van der Waals surface area contributed by atoms with Gasteiger partial charge in [0, 0.05) is 27.8 Å². The lowest BCUT2D eigenvalue weighted by Crippen LogP contribution is -2.09. The van der Waals surface area contributed by atoms with Gasteiger partial charge >= 0.3 is 0 Å². The van der Waals surface area contributed by atoms with E-state index in [1.807, 2.05) is 12.1 Å².